The van der Waals surface area contributed by atoms with Crippen molar-refractivity contribution in [2.45, 2.75) is 44.9 Å². The van der Waals surface area contributed by atoms with E-state index in [4.69, 9.17) is 4.74 Å². The number of hydrogen-bond acceptors (Lipinski definition) is 1. The fourth-order valence-corrected chi connectivity index (χ4v) is 3.75. The lowest BCUT2D eigenvalue weighted by Gasteiger charge is -2.38. The van der Waals surface area contributed by atoms with Crippen LogP contribution in [-0.4, -0.2) is 7.11 Å². The highest BCUT2D eigenvalue weighted by molar-refractivity contribution is 5.41. The van der Waals surface area contributed by atoms with Crippen LogP contribution in [-0.2, 0) is 6.42 Å². The molecule has 1 heteroatoms. The zero-order valence-electron chi connectivity index (χ0n) is 10.3. The van der Waals surface area contributed by atoms with Crippen LogP contribution in [0.25, 0.3) is 0 Å². The SMILES string of the molecule is COc1ccc2c(c1)CC[C@@]1(C)CCC[C@@H]21. The van der Waals surface area contributed by atoms with Crippen molar-refractivity contribution in [3.05, 3.63) is 29.3 Å². The molecule has 2 atom stereocenters. The summed E-state index contributed by atoms with van der Waals surface area (Å²) in [4.78, 5) is 0. The van der Waals surface area contributed by atoms with Gasteiger partial charge in [-0.3, -0.25) is 0 Å². The van der Waals surface area contributed by atoms with Crippen molar-refractivity contribution in [1.29, 1.82) is 0 Å². The van der Waals surface area contributed by atoms with Crippen molar-refractivity contribution in [2.24, 2.45) is 5.41 Å². The number of rotatable bonds is 1. The van der Waals surface area contributed by atoms with E-state index in [9.17, 15) is 0 Å². The molecule has 16 heavy (non-hydrogen) atoms. The second-order valence-corrected chi connectivity index (χ2v) is 5.66. The molecule has 0 N–H and O–H groups in total. The molecule has 0 saturated heterocycles. The van der Waals surface area contributed by atoms with Crippen LogP contribution in [0, 0.1) is 5.41 Å². The Kier molecular flexibility index (Phi) is 2.24. The van der Waals surface area contributed by atoms with Gasteiger partial charge >= 0.3 is 0 Å². The van der Waals surface area contributed by atoms with E-state index in [0.29, 0.717) is 5.41 Å². The van der Waals surface area contributed by atoms with Gasteiger partial charge in [0.05, 0.1) is 7.11 Å². The fraction of sp³-hybridized carbons (Fsp3) is 0.600. The Morgan fingerprint density at radius 3 is 3.00 bits per heavy atom. The fourth-order valence-electron chi connectivity index (χ4n) is 3.75. The van der Waals surface area contributed by atoms with E-state index in [1.54, 1.807) is 12.7 Å². The summed E-state index contributed by atoms with van der Waals surface area (Å²) >= 11 is 0. The quantitative estimate of drug-likeness (QED) is 0.691. The summed E-state index contributed by atoms with van der Waals surface area (Å²) in [6, 6.07) is 6.68. The third-order valence-electron chi connectivity index (χ3n) is 4.77. The molecule has 3 rings (SSSR count). The van der Waals surface area contributed by atoms with E-state index in [2.05, 4.69) is 25.1 Å². The minimum absolute atomic E-state index is 0.585. The van der Waals surface area contributed by atoms with Gasteiger partial charge in [0, 0.05) is 0 Å². The van der Waals surface area contributed by atoms with Crippen molar-refractivity contribution in [3.63, 3.8) is 0 Å². The normalized spacial score (nSPS) is 32.0. The summed E-state index contributed by atoms with van der Waals surface area (Å²) in [6.45, 7) is 2.48. The summed E-state index contributed by atoms with van der Waals surface area (Å²) < 4.78 is 5.32. The highest BCUT2D eigenvalue weighted by Gasteiger charge is 2.42. The highest BCUT2D eigenvalue weighted by Crippen LogP contribution is 2.55. The van der Waals surface area contributed by atoms with Crippen LogP contribution in [0.2, 0.25) is 0 Å². The van der Waals surface area contributed by atoms with Gasteiger partial charge in [-0.25, -0.2) is 0 Å². The van der Waals surface area contributed by atoms with Crippen molar-refractivity contribution < 1.29 is 4.74 Å². The molecule has 1 nitrogen and oxygen atoms in total. The molecular weight excluding hydrogens is 196 g/mol. The van der Waals surface area contributed by atoms with E-state index in [1.165, 1.54) is 37.7 Å². The zero-order chi connectivity index (χ0) is 11.2. The maximum atomic E-state index is 5.32. The molecule has 2 aliphatic carbocycles. The summed E-state index contributed by atoms with van der Waals surface area (Å²) in [6.07, 6.45) is 6.81. The number of benzene rings is 1. The van der Waals surface area contributed by atoms with Gasteiger partial charge in [0.25, 0.3) is 0 Å². The van der Waals surface area contributed by atoms with E-state index in [1.807, 2.05) is 0 Å². The average Bonchev–Trinajstić information content (AvgIpc) is 2.70. The third-order valence-corrected chi connectivity index (χ3v) is 4.77. The maximum absolute atomic E-state index is 5.32. The minimum Gasteiger partial charge on any atom is -0.497 e. The molecule has 1 aromatic carbocycles. The molecular formula is C15H20O. The smallest absolute Gasteiger partial charge is 0.119 e. The molecule has 0 spiro atoms. The summed E-state index contributed by atoms with van der Waals surface area (Å²) in [5.41, 5.74) is 3.72. The van der Waals surface area contributed by atoms with Crippen LogP contribution in [0.15, 0.2) is 18.2 Å². The van der Waals surface area contributed by atoms with E-state index in [-0.39, 0.29) is 0 Å². The molecule has 86 valence electrons. The van der Waals surface area contributed by atoms with E-state index < -0.39 is 0 Å². The molecule has 2 aliphatic rings. The zero-order valence-corrected chi connectivity index (χ0v) is 10.3. The average molecular weight is 216 g/mol. The molecule has 1 fully saturated rings. The van der Waals surface area contributed by atoms with Gasteiger partial charge in [-0.05, 0) is 60.3 Å². The number of fused-ring (bicyclic) bond motifs is 3. The van der Waals surface area contributed by atoms with Crippen LogP contribution in [0.1, 0.15) is 49.7 Å². The maximum Gasteiger partial charge on any atom is 0.119 e. The Morgan fingerprint density at radius 1 is 1.31 bits per heavy atom. The van der Waals surface area contributed by atoms with E-state index in [0.717, 1.165) is 11.7 Å². The molecule has 0 bridgehead atoms. The van der Waals surface area contributed by atoms with Gasteiger partial charge in [-0.15, -0.1) is 0 Å². The Labute approximate surface area is 97.8 Å². The van der Waals surface area contributed by atoms with Crippen molar-refractivity contribution in [1.82, 2.24) is 0 Å². The van der Waals surface area contributed by atoms with Crippen molar-refractivity contribution >= 4 is 0 Å². The number of methoxy groups -OCH3 is 1. The van der Waals surface area contributed by atoms with Crippen molar-refractivity contribution in [3.8, 4) is 5.75 Å². The first-order chi connectivity index (χ1) is 7.73. The number of aryl methyl sites for hydroxylation is 1. The standard InChI is InChI=1S/C15H20O/c1-15-8-3-4-14(15)13-6-5-12(16-2)10-11(13)7-9-15/h5-6,10,14H,3-4,7-9H2,1-2H3/t14-,15+/m0/s1. The molecule has 0 aliphatic heterocycles. The minimum atomic E-state index is 0.585. The van der Waals surface area contributed by atoms with Gasteiger partial charge in [-0.1, -0.05) is 19.4 Å². The third kappa shape index (κ3) is 1.37. The van der Waals surface area contributed by atoms with Crippen LogP contribution in [0.3, 0.4) is 0 Å². The summed E-state index contributed by atoms with van der Waals surface area (Å²) in [5.74, 6) is 1.82. The van der Waals surface area contributed by atoms with Gasteiger partial charge in [-0.2, -0.15) is 0 Å². The Balaban J connectivity index is 2.04. The van der Waals surface area contributed by atoms with Crippen LogP contribution in [0.5, 0.6) is 5.75 Å². The van der Waals surface area contributed by atoms with E-state index >= 15 is 0 Å². The lowest BCUT2D eigenvalue weighted by Crippen LogP contribution is -2.26. The first kappa shape index (κ1) is 10.2. The monoisotopic (exact) mass is 216 g/mol. The van der Waals surface area contributed by atoms with Gasteiger partial charge in [0.1, 0.15) is 5.75 Å². The molecule has 0 aromatic heterocycles. The first-order valence-corrected chi connectivity index (χ1v) is 6.40. The van der Waals surface area contributed by atoms with Crippen LogP contribution in [0.4, 0.5) is 0 Å². The lowest BCUT2D eigenvalue weighted by atomic mass is 9.67. The number of ether oxygens (including phenoxy) is 1. The summed E-state index contributed by atoms with van der Waals surface area (Å²) in [5, 5.41) is 0. The van der Waals surface area contributed by atoms with Gasteiger partial charge < -0.3 is 4.74 Å². The van der Waals surface area contributed by atoms with Crippen LogP contribution >= 0.6 is 0 Å². The number of hydrogen-bond donors (Lipinski definition) is 0. The second-order valence-electron chi connectivity index (χ2n) is 5.66. The molecule has 0 heterocycles. The Bertz CT molecular complexity index is 410. The molecule has 1 aromatic rings. The molecule has 0 amide bonds. The highest BCUT2D eigenvalue weighted by atomic mass is 16.5. The second kappa shape index (κ2) is 3.51. The first-order valence-electron chi connectivity index (χ1n) is 6.40. The van der Waals surface area contributed by atoms with Gasteiger partial charge in [0.2, 0.25) is 0 Å². The Morgan fingerprint density at radius 2 is 2.19 bits per heavy atom. The van der Waals surface area contributed by atoms with Crippen molar-refractivity contribution in [2.75, 3.05) is 7.11 Å². The molecule has 1 saturated carbocycles. The van der Waals surface area contributed by atoms with Gasteiger partial charge in [0.15, 0.2) is 0 Å². The molecule has 0 unspecified atom stereocenters. The summed E-state index contributed by atoms with van der Waals surface area (Å²) in [7, 11) is 1.75. The predicted octanol–water partition coefficient (Wildman–Crippen LogP) is 3.92. The Hall–Kier alpha value is -0.980. The topological polar surface area (TPSA) is 9.23 Å². The van der Waals surface area contributed by atoms with Crippen LogP contribution < -0.4 is 4.74 Å². The predicted molar refractivity (Wildman–Crippen MR) is 66.0 cm³/mol. The molecule has 0 radical (unpaired) electrons. The largest absolute Gasteiger partial charge is 0.497 e. The lowest BCUT2D eigenvalue weighted by molar-refractivity contribution is 0.252.